The van der Waals surface area contributed by atoms with Crippen LogP contribution in [0, 0.1) is 0 Å². The summed E-state index contributed by atoms with van der Waals surface area (Å²) in [7, 11) is 0. The molecule has 0 spiro atoms. The zero-order valence-electron chi connectivity index (χ0n) is 8.60. The molecule has 0 atom stereocenters. The molecule has 14 heavy (non-hydrogen) atoms. The lowest BCUT2D eigenvalue weighted by Gasteiger charge is -1.94. The van der Waals surface area contributed by atoms with Crippen molar-refractivity contribution in [2.24, 2.45) is 0 Å². The normalized spacial score (nSPS) is 8.50. The van der Waals surface area contributed by atoms with Gasteiger partial charge in [0, 0.05) is 17.3 Å². The fourth-order valence-corrected chi connectivity index (χ4v) is 0.893. The lowest BCUT2D eigenvalue weighted by Crippen LogP contribution is -2.01. The van der Waals surface area contributed by atoms with Crippen LogP contribution in [0.4, 0.5) is 0 Å². The molecule has 0 heterocycles. The predicted molar refractivity (Wildman–Crippen MR) is 65.2 cm³/mol. The van der Waals surface area contributed by atoms with Crippen LogP contribution in [-0.2, 0) is 9.53 Å². The minimum absolute atomic E-state index is 0.371. The molecule has 84 valence electrons. The van der Waals surface area contributed by atoms with Crippen LogP contribution in [0.3, 0.4) is 0 Å². The lowest BCUT2D eigenvalue weighted by atomic mass is 10.3. The largest absolute Gasteiger partial charge is 0.462 e. The Kier molecular flexibility index (Phi) is 18.1. The number of unbranched alkanes of at least 4 members (excludes halogenated alkanes) is 2. The van der Waals surface area contributed by atoms with Crippen LogP contribution in [0.1, 0.15) is 26.2 Å². The molecule has 0 saturated heterocycles. The molecule has 4 heteroatoms. The number of halogens is 2. The molecule has 0 N–H and O–H groups in total. The van der Waals surface area contributed by atoms with Crippen molar-refractivity contribution in [2.75, 3.05) is 17.8 Å². The Bertz CT molecular complexity index is 136. The van der Waals surface area contributed by atoms with Crippen molar-refractivity contribution in [3.05, 3.63) is 12.7 Å². The van der Waals surface area contributed by atoms with Gasteiger partial charge in [-0.2, -0.15) is 0 Å². The molecular weight excluding hydrogens is 267 g/mol. The molecule has 0 rings (SSSR count). The van der Waals surface area contributed by atoms with E-state index in [0.717, 1.165) is 12.0 Å². The fraction of sp³-hybridized carbons (Fsp3) is 0.700. The van der Waals surface area contributed by atoms with Gasteiger partial charge in [0.1, 0.15) is 6.61 Å². The second-order valence-corrected chi connectivity index (χ2v) is 3.63. The summed E-state index contributed by atoms with van der Waals surface area (Å²) in [5.41, 5.74) is 0. The molecule has 0 radical (unpaired) electrons. The van der Waals surface area contributed by atoms with Gasteiger partial charge in [0.2, 0.25) is 0 Å². The predicted octanol–water partition coefficient (Wildman–Crippen LogP) is 3.53. The SMILES string of the molecule is C=CC(=O)OCCBr.CCCCCCl. The third-order valence-electron chi connectivity index (χ3n) is 1.23. The standard InChI is InChI=1S/C5H7BrO2.C5H11Cl/c1-2-5(7)8-4-3-6;1-2-3-4-5-6/h2H,1,3-4H2;2-5H2,1H3. The molecule has 2 nitrogen and oxygen atoms in total. The Balaban J connectivity index is 0. The van der Waals surface area contributed by atoms with Crippen molar-refractivity contribution in [1.29, 1.82) is 0 Å². The average Bonchev–Trinajstić information content (AvgIpc) is 2.23. The van der Waals surface area contributed by atoms with Gasteiger partial charge in [0.15, 0.2) is 0 Å². The highest BCUT2D eigenvalue weighted by atomic mass is 79.9. The Hall–Kier alpha value is -0.0200. The topological polar surface area (TPSA) is 26.3 Å². The maximum atomic E-state index is 10.2. The van der Waals surface area contributed by atoms with Crippen LogP contribution >= 0.6 is 27.5 Å². The minimum atomic E-state index is -0.371. The van der Waals surface area contributed by atoms with Crippen molar-refractivity contribution in [3.63, 3.8) is 0 Å². The molecule has 0 aliphatic carbocycles. The summed E-state index contributed by atoms with van der Waals surface area (Å²) in [4.78, 5) is 10.2. The number of ether oxygens (including phenoxy) is 1. The smallest absolute Gasteiger partial charge is 0.330 e. The van der Waals surface area contributed by atoms with Gasteiger partial charge in [-0.25, -0.2) is 4.79 Å². The fourth-order valence-electron chi connectivity index (χ4n) is 0.543. The average molecular weight is 286 g/mol. The van der Waals surface area contributed by atoms with E-state index in [9.17, 15) is 4.79 Å². The number of carbonyl (C=O) groups is 1. The third kappa shape index (κ3) is 17.9. The summed E-state index contributed by atoms with van der Waals surface area (Å²) >= 11 is 8.48. The highest BCUT2D eigenvalue weighted by Crippen LogP contribution is 1.93. The summed E-state index contributed by atoms with van der Waals surface area (Å²) in [5.74, 6) is 0.456. The van der Waals surface area contributed by atoms with Gasteiger partial charge < -0.3 is 4.74 Å². The van der Waals surface area contributed by atoms with E-state index in [1.807, 2.05) is 0 Å². The quantitative estimate of drug-likeness (QED) is 0.323. The zero-order valence-corrected chi connectivity index (χ0v) is 10.9. The first kappa shape index (κ1) is 16.4. The Labute approximate surface area is 99.8 Å². The molecule has 0 aromatic heterocycles. The van der Waals surface area contributed by atoms with E-state index in [1.165, 1.54) is 19.3 Å². The highest BCUT2D eigenvalue weighted by molar-refractivity contribution is 9.09. The maximum Gasteiger partial charge on any atom is 0.330 e. The summed E-state index contributed by atoms with van der Waals surface area (Å²) in [6.45, 7) is 5.80. The summed E-state index contributed by atoms with van der Waals surface area (Å²) in [6.07, 6.45) is 4.87. The minimum Gasteiger partial charge on any atom is -0.462 e. The molecule has 0 amide bonds. The van der Waals surface area contributed by atoms with Gasteiger partial charge in [-0.3, -0.25) is 0 Å². The molecular formula is C10H18BrClO2. The molecule has 0 aromatic rings. The van der Waals surface area contributed by atoms with E-state index in [0.29, 0.717) is 11.9 Å². The maximum absolute atomic E-state index is 10.2. The first-order valence-corrected chi connectivity index (χ1v) is 6.29. The number of carbonyl (C=O) groups excluding carboxylic acids is 1. The van der Waals surface area contributed by atoms with Crippen LogP contribution in [-0.4, -0.2) is 23.8 Å². The van der Waals surface area contributed by atoms with Crippen LogP contribution in [0.25, 0.3) is 0 Å². The molecule has 0 bridgehead atoms. The van der Waals surface area contributed by atoms with Crippen LogP contribution in [0.2, 0.25) is 0 Å². The van der Waals surface area contributed by atoms with Crippen molar-refractivity contribution < 1.29 is 9.53 Å². The van der Waals surface area contributed by atoms with Crippen molar-refractivity contribution >= 4 is 33.5 Å². The van der Waals surface area contributed by atoms with Crippen LogP contribution in [0.15, 0.2) is 12.7 Å². The lowest BCUT2D eigenvalue weighted by molar-refractivity contribution is -0.137. The van der Waals surface area contributed by atoms with E-state index in [4.69, 9.17) is 11.6 Å². The first-order valence-electron chi connectivity index (χ1n) is 4.64. The Morgan fingerprint density at radius 1 is 1.57 bits per heavy atom. The second-order valence-electron chi connectivity index (χ2n) is 2.46. The van der Waals surface area contributed by atoms with E-state index < -0.39 is 0 Å². The monoisotopic (exact) mass is 284 g/mol. The summed E-state index contributed by atoms with van der Waals surface area (Å²) in [6, 6.07) is 0. The van der Waals surface area contributed by atoms with Gasteiger partial charge in [0.25, 0.3) is 0 Å². The summed E-state index contributed by atoms with van der Waals surface area (Å²) in [5, 5.41) is 0.673. The summed E-state index contributed by atoms with van der Waals surface area (Å²) < 4.78 is 4.54. The Morgan fingerprint density at radius 2 is 2.21 bits per heavy atom. The van der Waals surface area contributed by atoms with Crippen molar-refractivity contribution in [1.82, 2.24) is 0 Å². The molecule has 0 unspecified atom stereocenters. The van der Waals surface area contributed by atoms with E-state index in [-0.39, 0.29) is 5.97 Å². The van der Waals surface area contributed by atoms with Crippen molar-refractivity contribution in [3.8, 4) is 0 Å². The van der Waals surface area contributed by atoms with Crippen LogP contribution < -0.4 is 0 Å². The van der Waals surface area contributed by atoms with Gasteiger partial charge >= 0.3 is 5.97 Å². The molecule has 0 saturated carbocycles. The van der Waals surface area contributed by atoms with Gasteiger partial charge in [-0.15, -0.1) is 11.6 Å². The van der Waals surface area contributed by atoms with Gasteiger partial charge in [0.05, 0.1) is 0 Å². The number of esters is 1. The number of rotatable bonds is 6. The van der Waals surface area contributed by atoms with Gasteiger partial charge in [-0.1, -0.05) is 42.3 Å². The molecule has 0 aliphatic heterocycles. The Morgan fingerprint density at radius 3 is 2.50 bits per heavy atom. The number of hydrogen-bond donors (Lipinski definition) is 0. The third-order valence-corrected chi connectivity index (χ3v) is 1.82. The second kappa shape index (κ2) is 15.5. The van der Waals surface area contributed by atoms with E-state index in [1.54, 1.807) is 0 Å². The molecule has 0 aromatic carbocycles. The molecule has 0 fully saturated rings. The molecule has 0 aliphatic rings. The van der Waals surface area contributed by atoms with Crippen LogP contribution in [0.5, 0.6) is 0 Å². The van der Waals surface area contributed by atoms with Crippen molar-refractivity contribution in [2.45, 2.75) is 26.2 Å². The van der Waals surface area contributed by atoms with E-state index >= 15 is 0 Å². The first-order chi connectivity index (χ1) is 6.72. The zero-order chi connectivity index (χ0) is 11.2. The van der Waals surface area contributed by atoms with Gasteiger partial charge in [-0.05, 0) is 6.42 Å². The highest BCUT2D eigenvalue weighted by Gasteiger charge is 1.90. The number of alkyl halides is 2. The number of hydrogen-bond acceptors (Lipinski definition) is 2. The van der Waals surface area contributed by atoms with E-state index in [2.05, 4.69) is 34.2 Å².